The van der Waals surface area contributed by atoms with E-state index in [4.69, 9.17) is 23.2 Å². The Morgan fingerprint density at radius 2 is 2.10 bits per heavy atom. The van der Waals surface area contributed by atoms with Crippen LogP contribution >= 0.6 is 34.5 Å². The first kappa shape index (κ1) is 14.2. The summed E-state index contributed by atoms with van der Waals surface area (Å²) in [5.74, 6) is 0.747. The second kappa shape index (κ2) is 5.97. The summed E-state index contributed by atoms with van der Waals surface area (Å²) in [5.41, 5.74) is 0. The third-order valence-corrected chi connectivity index (χ3v) is 4.25. The van der Waals surface area contributed by atoms with Crippen LogP contribution in [-0.2, 0) is 0 Å². The SMILES string of the molecule is CC(Nc1nc(Cl)nc(-n2cccn2)n1)c1ccc(Cl)s1. The van der Waals surface area contributed by atoms with E-state index in [9.17, 15) is 0 Å². The van der Waals surface area contributed by atoms with E-state index in [1.165, 1.54) is 16.0 Å². The fourth-order valence-corrected chi connectivity index (χ4v) is 2.94. The Bertz CT molecular complexity index is 742. The Morgan fingerprint density at radius 3 is 2.76 bits per heavy atom. The van der Waals surface area contributed by atoms with Crippen LogP contribution in [-0.4, -0.2) is 24.7 Å². The van der Waals surface area contributed by atoms with Crippen LogP contribution in [0.25, 0.3) is 5.95 Å². The van der Waals surface area contributed by atoms with Gasteiger partial charge in [-0.25, -0.2) is 4.68 Å². The van der Waals surface area contributed by atoms with Gasteiger partial charge in [-0.05, 0) is 36.7 Å². The Morgan fingerprint density at radius 1 is 1.24 bits per heavy atom. The number of halogens is 2. The maximum atomic E-state index is 5.94. The van der Waals surface area contributed by atoms with E-state index in [0.717, 1.165) is 9.21 Å². The topological polar surface area (TPSA) is 68.5 Å². The normalized spacial score (nSPS) is 12.3. The molecular weight excluding hydrogens is 331 g/mol. The number of hydrogen-bond donors (Lipinski definition) is 1. The standard InChI is InChI=1S/C12H10Cl2N6S/c1-7(8-3-4-9(13)21-8)16-11-17-10(14)18-12(19-11)20-6-2-5-15-20/h2-7H,1H3,(H,16,17,18,19). The number of aromatic nitrogens is 5. The lowest BCUT2D eigenvalue weighted by molar-refractivity contribution is 0.785. The largest absolute Gasteiger partial charge is 0.347 e. The molecule has 0 saturated heterocycles. The van der Waals surface area contributed by atoms with Gasteiger partial charge in [0.05, 0.1) is 10.4 Å². The molecule has 3 heterocycles. The van der Waals surface area contributed by atoms with Crippen LogP contribution in [0.15, 0.2) is 30.6 Å². The molecule has 1 atom stereocenters. The second-order valence-corrected chi connectivity index (χ2v) is 6.27. The molecule has 108 valence electrons. The number of rotatable bonds is 4. The zero-order valence-corrected chi connectivity index (χ0v) is 13.2. The molecule has 6 nitrogen and oxygen atoms in total. The van der Waals surface area contributed by atoms with Crippen LogP contribution in [0.3, 0.4) is 0 Å². The smallest absolute Gasteiger partial charge is 0.256 e. The summed E-state index contributed by atoms with van der Waals surface area (Å²) < 4.78 is 2.26. The Hall–Kier alpha value is -1.70. The molecule has 0 aliphatic rings. The number of thiophene rings is 1. The predicted molar refractivity (Wildman–Crippen MR) is 83.3 cm³/mol. The molecule has 3 rings (SSSR count). The quantitative estimate of drug-likeness (QED) is 0.785. The highest BCUT2D eigenvalue weighted by atomic mass is 35.5. The van der Waals surface area contributed by atoms with Gasteiger partial charge in [0.25, 0.3) is 5.95 Å². The van der Waals surface area contributed by atoms with Crippen molar-refractivity contribution < 1.29 is 0 Å². The minimum absolute atomic E-state index is 0.00596. The van der Waals surface area contributed by atoms with Crippen LogP contribution in [0.5, 0.6) is 0 Å². The van der Waals surface area contributed by atoms with Crippen molar-refractivity contribution in [2.75, 3.05) is 5.32 Å². The van der Waals surface area contributed by atoms with Crippen molar-refractivity contribution in [3.8, 4) is 5.95 Å². The highest BCUT2D eigenvalue weighted by molar-refractivity contribution is 7.16. The summed E-state index contributed by atoms with van der Waals surface area (Å²) in [4.78, 5) is 13.5. The first-order valence-electron chi connectivity index (χ1n) is 6.05. The molecule has 0 radical (unpaired) electrons. The molecule has 0 amide bonds. The molecule has 0 saturated carbocycles. The lowest BCUT2D eigenvalue weighted by atomic mass is 10.3. The Labute approximate surface area is 134 Å². The number of nitrogens with zero attached hydrogens (tertiary/aromatic N) is 5. The molecule has 0 spiro atoms. The van der Waals surface area contributed by atoms with Gasteiger partial charge in [-0.2, -0.15) is 20.1 Å². The third-order valence-electron chi connectivity index (χ3n) is 2.67. The first-order chi connectivity index (χ1) is 10.1. The molecule has 21 heavy (non-hydrogen) atoms. The molecule has 0 fully saturated rings. The molecule has 1 N–H and O–H groups in total. The second-order valence-electron chi connectivity index (χ2n) is 4.19. The third kappa shape index (κ3) is 3.31. The van der Waals surface area contributed by atoms with E-state index in [2.05, 4.69) is 25.4 Å². The lowest BCUT2D eigenvalue weighted by Gasteiger charge is -2.12. The summed E-state index contributed by atoms with van der Waals surface area (Å²) >= 11 is 13.4. The maximum absolute atomic E-state index is 5.94. The molecule has 0 bridgehead atoms. The molecule has 0 aliphatic heterocycles. The van der Waals surface area contributed by atoms with Crippen molar-refractivity contribution in [2.24, 2.45) is 0 Å². The minimum Gasteiger partial charge on any atom is -0.347 e. The highest BCUT2D eigenvalue weighted by Crippen LogP contribution is 2.28. The van der Waals surface area contributed by atoms with Crippen molar-refractivity contribution >= 4 is 40.5 Å². The van der Waals surface area contributed by atoms with Crippen LogP contribution in [0, 0.1) is 0 Å². The van der Waals surface area contributed by atoms with Gasteiger partial charge >= 0.3 is 0 Å². The Kier molecular flexibility index (Phi) is 4.05. The Balaban J connectivity index is 1.85. The van der Waals surface area contributed by atoms with E-state index in [1.807, 2.05) is 19.1 Å². The molecule has 0 aromatic carbocycles. The molecule has 0 aliphatic carbocycles. The van der Waals surface area contributed by atoms with Crippen molar-refractivity contribution in [3.05, 3.63) is 45.1 Å². The van der Waals surface area contributed by atoms with Gasteiger partial charge in [0.15, 0.2) is 0 Å². The summed E-state index contributed by atoms with van der Waals surface area (Å²) in [5, 5.41) is 7.36. The van der Waals surface area contributed by atoms with Gasteiger partial charge in [-0.15, -0.1) is 11.3 Å². The maximum Gasteiger partial charge on any atom is 0.256 e. The van der Waals surface area contributed by atoms with Gasteiger partial charge in [-0.1, -0.05) is 11.6 Å². The van der Waals surface area contributed by atoms with Crippen molar-refractivity contribution in [1.82, 2.24) is 24.7 Å². The van der Waals surface area contributed by atoms with Crippen molar-refractivity contribution in [3.63, 3.8) is 0 Å². The van der Waals surface area contributed by atoms with Crippen LogP contribution in [0.1, 0.15) is 17.8 Å². The summed E-state index contributed by atoms with van der Waals surface area (Å²) in [6.45, 7) is 1.99. The van der Waals surface area contributed by atoms with Crippen LogP contribution in [0.2, 0.25) is 9.62 Å². The molecule has 3 aromatic rings. The fraction of sp³-hybridized carbons (Fsp3) is 0.167. The van der Waals surface area contributed by atoms with Crippen LogP contribution < -0.4 is 5.32 Å². The van der Waals surface area contributed by atoms with E-state index in [0.29, 0.717) is 11.9 Å². The number of hydrogen-bond acceptors (Lipinski definition) is 6. The zero-order chi connectivity index (χ0) is 14.8. The molecule has 1 unspecified atom stereocenters. The number of nitrogens with one attached hydrogen (secondary N) is 1. The monoisotopic (exact) mass is 340 g/mol. The first-order valence-corrected chi connectivity index (χ1v) is 7.62. The molecule has 3 aromatic heterocycles. The number of anilines is 1. The summed E-state index contributed by atoms with van der Waals surface area (Å²) in [7, 11) is 0. The average Bonchev–Trinajstić information content (AvgIpc) is 3.08. The van der Waals surface area contributed by atoms with Gasteiger partial charge in [-0.3, -0.25) is 0 Å². The zero-order valence-electron chi connectivity index (χ0n) is 10.9. The van der Waals surface area contributed by atoms with E-state index < -0.39 is 0 Å². The van der Waals surface area contributed by atoms with Crippen molar-refractivity contribution in [1.29, 1.82) is 0 Å². The van der Waals surface area contributed by atoms with E-state index >= 15 is 0 Å². The molecular formula is C12H10Cl2N6S. The van der Waals surface area contributed by atoms with Gasteiger partial charge < -0.3 is 5.32 Å². The van der Waals surface area contributed by atoms with Crippen LogP contribution in [0.4, 0.5) is 5.95 Å². The van der Waals surface area contributed by atoms with Crippen molar-refractivity contribution in [2.45, 2.75) is 13.0 Å². The van der Waals surface area contributed by atoms with Gasteiger partial charge in [0.2, 0.25) is 11.2 Å². The van der Waals surface area contributed by atoms with E-state index in [-0.39, 0.29) is 11.3 Å². The lowest BCUT2D eigenvalue weighted by Crippen LogP contribution is -2.11. The van der Waals surface area contributed by atoms with Gasteiger partial charge in [0, 0.05) is 17.3 Å². The minimum atomic E-state index is 0.00596. The van der Waals surface area contributed by atoms with Gasteiger partial charge in [0.1, 0.15) is 0 Å². The predicted octanol–water partition coefficient (Wildman–Crippen LogP) is 3.60. The molecule has 9 heteroatoms. The summed E-state index contributed by atoms with van der Waals surface area (Å²) in [6.07, 6.45) is 3.37. The highest BCUT2D eigenvalue weighted by Gasteiger charge is 2.12. The fourth-order valence-electron chi connectivity index (χ4n) is 1.72. The summed E-state index contributed by atoms with van der Waals surface area (Å²) in [6, 6.07) is 5.60. The van der Waals surface area contributed by atoms with E-state index in [1.54, 1.807) is 18.5 Å². The average molecular weight is 341 g/mol.